The summed E-state index contributed by atoms with van der Waals surface area (Å²) in [5.41, 5.74) is 3.13. The second kappa shape index (κ2) is 11.7. The quantitative estimate of drug-likeness (QED) is 0.467. The van der Waals surface area contributed by atoms with E-state index in [2.05, 4.69) is 10.6 Å². The number of amides is 2. The first-order valence-electron chi connectivity index (χ1n) is 11.2. The number of para-hydroxylation sites is 1. The van der Waals surface area contributed by atoms with Gasteiger partial charge in [-0.05, 0) is 68.8 Å². The van der Waals surface area contributed by atoms with Gasteiger partial charge in [0, 0.05) is 30.0 Å². The van der Waals surface area contributed by atoms with Gasteiger partial charge in [-0.1, -0.05) is 36.4 Å². The molecule has 2 amide bonds. The summed E-state index contributed by atoms with van der Waals surface area (Å²) in [6, 6.07) is 24.5. The monoisotopic (exact) mass is 445 g/mol. The van der Waals surface area contributed by atoms with E-state index < -0.39 is 0 Å². The molecule has 2 N–H and O–H groups in total. The summed E-state index contributed by atoms with van der Waals surface area (Å²) >= 11 is 0. The summed E-state index contributed by atoms with van der Waals surface area (Å²) in [6.07, 6.45) is 0.124. The lowest BCUT2D eigenvalue weighted by Crippen LogP contribution is -2.31. The normalized spacial score (nSPS) is 10.5. The van der Waals surface area contributed by atoms with Gasteiger partial charge in [-0.3, -0.25) is 9.59 Å². The third-order valence-electron chi connectivity index (χ3n) is 4.98. The van der Waals surface area contributed by atoms with E-state index in [4.69, 9.17) is 4.74 Å². The second-order valence-electron chi connectivity index (χ2n) is 7.91. The second-order valence-corrected chi connectivity index (χ2v) is 7.91. The molecule has 0 aromatic heterocycles. The van der Waals surface area contributed by atoms with Crippen LogP contribution in [0.3, 0.4) is 0 Å². The number of benzene rings is 3. The predicted octanol–water partition coefficient (Wildman–Crippen LogP) is 4.87. The molecule has 33 heavy (non-hydrogen) atoms. The van der Waals surface area contributed by atoms with E-state index in [0.29, 0.717) is 18.7 Å². The van der Waals surface area contributed by atoms with Crippen LogP contribution in [0.4, 0.5) is 11.4 Å². The van der Waals surface area contributed by atoms with Crippen LogP contribution in [0, 0.1) is 0 Å². The largest absolute Gasteiger partial charge is 0.491 e. The first-order valence-corrected chi connectivity index (χ1v) is 11.2. The molecule has 0 aliphatic rings. The molecule has 0 spiro atoms. The van der Waals surface area contributed by atoms with E-state index in [1.54, 1.807) is 17.0 Å². The lowest BCUT2D eigenvalue weighted by Gasteiger charge is -2.21. The lowest BCUT2D eigenvalue weighted by atomic mass is 10.1. The number of rotatable bonds is 10. The predicted molar refractivity (Wildman–Crippen MR) is 133 cm³/mol. The van der Waals surface area contributed by atoms with Gasteiger partial charge in [0.2, 0.25) is 5.91 Å². The highest BCUT2D eigenvalue weighted by molar-refractivity contribution is 6.06. The molecule has 0 radical (unpaired) electrons. The first-order chi connectivity index (χ1) is 16.0. The third kappa shape index (κ3) is 7.10. The van der Waals surface area contributed by atoms with Gasteiger partial charge < -0.3 is 20.3 Å². The fourth-order valence-corrected chi connectivity index (χ4v) is 3.37. The SMILES string of the molecule is CCN(C(=O)c1cccc(NCC(=O)NCc2ccc(OC(C)C)cc2)c1)c1ccccc1. The Hall–Kier alpha value is -3.80. The lowest BCUT2D eigenvalue weighted by molar-refractivity contribution is -0.119. The van der Waals surface area contributed by atoms with Crippen molar-refractivity contribution in [2.45, 2.75) is 33.4 Å². The molecule has 6 nitrogen and oxygen atoms in total. The molecule has 0 saturated carbocycles. The van der Waals surface area contributed by atoms with E-state index in [-0.39, 0.29) is 24.5 Å². The molecular formula is C27H31N3O3. The number of ether oxygens (including phenoxy) is 1. The summed E-state index contributed by atoms with van der Waals surface area (Å²) in [5.74, 6) is 0.598. The molecule has 3 aromatic rings. The van der Waals surface area contributed by atoms with Gasteiger partial charge in [0.25, 0.3) is 5.91 Å². The Morgan fingerprint density at radius 2 is 1.67 bits per heavy atom. The summed E-state index contributed by atoms with van der Waals surface area (Å²) in [7, 11) is 0. The minimum absolute atomic E-state index is 0.0818. The Morgan fingerprint density at radius 1 is 0.939 bits per heavy atom. The molecule has 172 valence electrons. The van der Waals surface area contributed by atoms with Crippen LogP contribution in [-0.2, 0) is 11.3 Å². The van der Waals surface area contributed by atoms with Crippen LogP contribution < -0.4 is 20.3 Å². The maximum Gasteiger partial charge on any atom is 0.258 e. The van der Waals surface area contributed by atoms with Crippen molar-refractivity contribution in [2.24, 2.45) is 0 Å². The fraction of sp³-hybridized carbons (Fsp3) is 0.259. The molecule has 3 aromatic carbocycles. The van der Waals surface area contributed by atoms with Gasteiger partial charge >= 0.3 is 0 Å². The van der Waals surface area contributed by atoms with E-state index in [1.165, 1.54) is 0 Å². The van der Waals surface area contributed by atoms with Crippen LogP contribution in [0.25, 0.3) is 0 Å². The first kappa shape index (κ1) is 23.9. The van der Waals surface area contributed by atoms with E-state index in [9.17, 15) is 9.59 Å². The van der Waals surface area contributed by atoms with Crippen LogP contribution in [0.15, 0.2) is 78.9 Å². The van der Waals surface area contributed by atoms with Gasteiger partial charge in [-0.15, -0.1) is 0 Å². The summed E-state index contributed by atoms with van der Waals surface area (Å²) < 4.78 is 5.63. The minimum atomic E-state index is -0.131. The van der Waals surface area contributed by atoms with Crippen molar-refractivity contribution in [3.8, 4) is 5.75 Å². The topological polar surface area (TPSA) is 70.7 Å². The molecule has 0 fully saturated rings. The van der Waals surface area contributed by atoms with Gasteiger partial charge in [-0.2, -0.15) is 0 Å². The number of carbonyl (C=O) groups excluding carboxylic acids is 2. The number of anilines is 2. The van der Waals surface area contributed by atoms with Crippen molar-refractivity contribution < 1.29 is 14.3 Å². The van der Waals surface area contributed by atoms with Crippen LogP contribution >= 0.6 is 0 Å². The Labute approximate surface area is 195 Å². The number of nitrogens with zero attached hydrogens (tertiary/aromatic N) is 1. The number of hydrogen-bond donors (Lipinski definition) is 2. The molecule has 3 rings (SSSR count). The highest BCUT2D eigenvalue weighted by Crippen LogP contribution is 2.19. The van der Waals surface area contributed by atoms with Crippen molar-refractivity contribution in [1.29, 1.82) is 0 Å². The summed E-state index contributed by atoms with van der Waals surface area (Å²) in [4.78, 5) is 27.0. The summed E-state index contributed by atoms with van der Waals surface area (Å²) in [6.45, 7) is 7.02. The molecule has 0 heterocycles. The maximum absolute atomic E-state index is 13.0. The minimum Gasteiger partial charge on any atom is -0.491 e. The van der Waals surface area contributed by atoms with E-state index in [1.807, 2.05) is 87.5 Å². The van der Waals surface area contributed by atoms with Crippen LogP contribution in [0.5, 0.6) is 5.75 Å². The van der Waals surface area contributed by atoms with Gasteiger partial charge in [-0.25, -0.2) is 0 Å². The van der Waals surface area contributed by atoms with E-state index in [0.717, 1.165) is 22.7 Å². The molecule has 0 aliphatic carbocycles. The molecule has 0 saturated heterocycles. The maximum atomic E-state index is 13.0. The molecular weight excluding hydrogens is 414 g/mol. The van der Waals surface area contributed by atoms with Crippen LogP contribution in [0.2, 0.25) is 0 Å². The Morgan fingerprint density at radius 3 is 2.33 bits per heavy atom. The number of nitrogens with one attached hydrogen (secondary N) is 2. The Bertz CT molecular complexity index is 1050. The van der Waals surface area contributed by atoms with Crippen molar-refractivity contribution in [3.63, 3.8) is 0 Å². The standard InChI is InChI=1S/C27H31N3O3/c1-4-30(24-11-6-5-7-12-24)27(32)22-9-8-10-23(17-22)28-19-26(31)29-18-21-13-15-25(16-14-21)33-20(2)3/h5-17,20,28H,4,18-19H2,1-3H3,(H,29,31). The van der Waals surface area contributed by atoms with Gasteiger partial charge in [0.05, 0.1) is 12.6 Å². The average Bonchev–Trinajstić information content (AvgIpc) is 2.83. The van der Waals surface area contributed by atoms with Crippen molar-refractivity contribution in [2.75, 3.05) is 23.3 Å². The molecule has 0 aliphatic heterocycles. The number of hydrogen-bond acceptors (Lipinski definition) is 4. The zero-order valence-corrected chi connectivity index (χ0v) is 19.4. The highest BCUT2D eigenvalue weighted by atomic mass is 16.5. The van der Waals surface area contributed by atoms with Crippen molar-refractivity contribution in [1.82, 2.24) is 5.32 Å². The Kier molecular flexibility index (Phi) is 8.47. The molecule has 0 bridgehead atoms. The van der Waals surface area contributed by atoms with Crippen LogP contribution in [-0.4, -0.2) is 31.0 Å². The zero-order valence-electron chi connectivity index (χ0n) is 19.4. The summed E-state index contributed by atoms with van der Waals surface area (Å²) in [5, 5.41) is 6.00. The molecule has 0 atom stereocenters. The van der Waals surface area contributed by atoms with Crippen LogP contribution in [0.1, 0.15) is 36.7 Å². The Balaban J connectivity index is 1.53. The van der Waals surface area contributed by atoms with Gasteiger partial charge in [0.1, 0.15) is 5.75 Å². The molecule has 0 unspecified atom stereocenters. The van der Waals surface area contributed by atoms with Crippen molar-refractivity contribution >= 4 is 23.2 Å². The fourth-order valence-electron chi connectivity index (χ4n) is 3.37. The van der Waals surface area contributed by atoms with Crippen molar-refractivity contribution in [3.05, 3.63) is 90.0 Å². The number of carbonyl (C=O) groups is 2. The van der Waals surface area contributed by atoms with E-state index >= 15 is 0 Å². The zero-order chi connectivity index (χ0) is 23.6. The third-order valence-corrected chi connectivity index (χ3v) is 4.98. The average molecular weight is 446 g/mol. The molecule has 6 heteroatoms. The highest BCUT2D eigenvalue weighted by Gasteiger charge is 2.16. The van der Waals surface area contributed by atoms with Gasteiger partial charge in [0.15, 0.2) is 0 Å². The smallest absolute Gasteiger partial charge is 0.258 e.